The third-order valence-corrected chi connectivity index (χ3v) is 1.99. The van der Waals surface area contributed by atoms with Gasteiger partial charge in [0.05, 0.1) is 12.1 Å². The van der Waals surface area contributed by atoms with E-state index in [0.29, 0.717) is 25.1 Å². The minimum absolute atomic E-state index is 0.0223. The summed E-state index contributed by atoms with van der Waals surface area (Å²) in [7, 11) is 1.59. The molecule has 0 saturated heterocycles. The van der Waals surface area contributed by atoms with Crippen molar-refractivity contribution in [3.05, 3.63) is 11.9 Å². The van der Waals surface area contributed by atoms with E-state index in [2.05, 4.69) is 15.6 Å². The normalized spacial score (nSPS) is 10.1. The summed E-state index contributed by atoms with van der Waals surface area (Å²) in [5.74, 6) is -0.955. The van der Waals surface area contributed by atoms with Crippen LogP contribution in [-0.2, 0) is 22.6 Å². The number of rotatable bonds is 6. The predicted octanol–water partition coefficient (Wildman–Crippen LogP) is -0.569. The molecular weight excluding hydrogens is 212 g/mol. The number of carbonyl (C=O) groups is 2. The van der Waals surface area contributed by atoms with Crippen molar-refractivity contribution in [1.82, 2.24) is 20.3 Å². The van der Waals surface area contributed by atoms with Gasteiger partial charge in [-0.3, -0.25) is 14.3 Å². The van der Waals surface area contributed by atoms with Gasteiger partial charge in [0.15, 0.2) is 0 Å². The second-order valence-electron chi connectivity index (χ2n) is 3.32. The molecule has 1 amide bonds. The van der Waals surface area contributed by atoms with Crippen molar-refractivity contribution in [2.24, 2.45) is 0 Å². The molecule has 0 fully saturated rings. The highest BCUT2D eigenvalue weighted by atomic mass is 16.4. The van der Waals surface area contributed by atoms with Crippen LogP contribution in [0.15, 0.2) is 6.20 Å². The van der Waals surface area contributed by atoms with Crippen LogP contribution in [0.2, 0.25) is 0 Å². The summed E-state index contributed by atoms with van der Waals surface area (Å²) in [4.78, 5) is 21.3. The van der Waals surface area contributed by atoms with Gasteiger partial charge in [0.25, 0.3) is 0 Å². The van der Waals surface area contributed by atoms with Crippen molar-refractivity contribution in [2.75, 3.05) is 7.05 Å². The molecule has 7 nitrogen and oxygen atoms in total. The number of nitrogens with zero attached hydrogens (tertiary/aromatic N) is 3. The summed E-state index contributed by atoms with van der Waals surface area (Å²) >= 11 is 0. The van der Waals surface area contributed by atoms with E-state index < -0.39 is 5.97 Å². The van der Waals surface area contributed by atoms with Crippen LogP contribution in [0.3, 0.4) is 0 Å². The van der Waals surface area contributed by atoms with Gasteiger partial charge in [-0.1, -0.05) is 5.21 Å². The first-order valence-electron chi connectivity index (χ1n) is 4.93. The molecule has 2 N–H and O–H groups in total. The highest BCUT2D eigenvalue weighted by Gasteiger charge is 2.05. The third-order valence-electron chi connectivity index (χ3n) is 1.99. The Balaban J connectivity index is 2.34. The van der Waals surface area contributed by atoms with E-state index in [0.717, 1.165) is 0 Å². The molecule has 0 aliphatic carbocycles. The largest absolute Gasteiger partial charge is 0.481 e. The molecular formula is C9H14N4O3. The van der Waals surface area contributed by atoms with E-state index in [-0.39, 0.29) is 12.3 Å². The van der Waals surface area contributed by atoms with E-state index in [1.807, 2.05) is 0 Å². The zero-order valence-corrected chi connectivity index (χ0v) is 9.01. The minimum atomic E-state index is -0.933. The Morgan fingerprint density at radius 1 is 1.56 bits per heavy atom. The number of carboxylic acid groups (broad SMARTS) is 1. The minimum Gasteiger partial charge on any atom is -0.481 e. The van der Waals surface area contributed by atoms with Crippen LogP contribution in [0.4, 0.5) is 0 Å². The van der Waals surface area contributed by atoms with Gasteiger partial charge in [0.1, 0.15) is 0 Å². The number of amides is 1. The molecule has 0 aromatic carbocycles. The zero-order valence-electron chi connectivity index (χ0n) is 9.01. The second-order valence-corrected chi connectivity index (χ2v) is 3.32. The van der Waals surface area contributed by atoms with Gasteiger partial charge in [-0.05, 0) is 6.42 Å². The van der Waals surface area contributed by atoms with Crippen LogP contribution in [0.25, 0.3) is 0 Å². The summed E-state index contributed by atoms with van der Waals surface area (Å²) in [6.07, 6.45) is 2.52. The lowest BCUT2D eigenvalue weighted by atomic mass is 10.3. The van der Waals surface area contributed by atoms with Crippen LogP contribution in [-0.4, -0.2) is 39.0 Å². The molecule has 0 bridgehead atoms. The lowest BCUT2D eigenvalue weighted by Crippen LogP contribution is -2.17. The monoisotopic (exact) mass is 226 g/mol. The SMILES string of the molecule is CNC(=O)CCCn1cc(CC(=O)O)nn1. The molecule has 0 unspecified atom stereocenters. The lowest BCUT2D eigenvalue weighted by molar-refractivity contribution is -0.136. The standard InChI is InChI=1S/C9H14N4O3/c1-10-8(14)3-2-4-13-6-7(11-12-13)5-9(15)16/h6H,2-5H2,1H3,(H,10,14)(H,15,16). The zero-order chi connectivity index (χ0) is 12.0. The summed E-state index contributed by atoms with van der Waals surface area (Å²) in [5, 5.41) is 18.5. The van der Waals surface area contributed by atoms with E-state index >= 15 is 0 Å². The first-order chi connectivity index (χ1) is 7.61. The van der Waals surface area contributed by atoms with Gasteiger partial charge >= 0.3 is 5.97 Å². The van der Waals surface area contributed by atoms with Crippen LogP contribution in [0.1, 0.15) is 18.5 Å². The van der Waals surface area contributed by atoms with Crippen LogP contribution in [0, 0.1) is 0 Å². The number of aromatic nitrogens is 3. The molecule has 1 aromatic heterocycles. The Morgan fingerprint density at radius 2 is 2.31 bits per heavy atom. The average Bonchev–Trinajstić information content (AvgIpc) is 2.64. The maximum absolute atomic E-state index is 10.9. The molecule has 1 rings (SSSR count). The quantitative estimate of drug-likeness (QED) is 0.677. The molecule has 0 aliphatic rings. The Kier molecular flexibility index (Phi) is 4.43. The highest BCUT2D eigenvalue weighted by molar-refractivity contribution is 5.75. The fourth-order valence-corrected chi connectivity index (χ4v) is 1.21. The lowest BCUT2D eigenvalue weighted by Gasteiger charge is -1.99. The van der Waals surface area contributed by atoms with Gasteiger partial charge in [-0.2, -0.15) is 0 Å². The first kappa shape index (κ1) is 12.2. The Morgan fingerprint density at radius 3 is 2.94 bits per heavy atom. The first-order valence-corrected chi connectivity index (χ1v) is 4.93. The number of hydrogen-bond donors (Lipinski definition) is 2. The van der Waals surface area contributed by atoms with Crippen molar-refractivity contribution >= 4 is 11.9 Å². The van der Waals surface area contributed by atoms with Crippen LogP contribution >= 0.6 is 0 Å². The number of carboxylic acids is 1. The molecule has 0 saturated carbocycles. The predicted molar refractivity (Wildman–Crippen MR) is 54.7 cm³/mol. The Bertz CT molecular complexity index is 375. The van der Waals surface area contributed by atoms with Crippen LogP contribution < -0.4 is 5.32 Å². The highest BCUT2D eigenvalue weighted by Crippen LogP contribution is 1.98. The summed E-state index contributed by atoms with van der Waals surface area (Å²) < 4.78 is 1.54. The molecule has 0 spiro atoms. The van der Waals surface area contributed by atoms with Crippen molar-refractivity contribution < 1.29 is 14.7 Å². The van der Waals surface area contributed by atoms with Crippen molar-refractivity contribution in [1.29, 1.82) is 0 Å². The Labute approximate surface area is 92.4 Å². The maximum atomic E-state index is 10.9. The topological polar surface area (TPSA) is 97.1 Å². The summed E-state index contributed by atoms with van der Waals surface area (Å²) in [6.45, 7) is 0.556. The Hall–Kier alpha value is -1.92. The van der Waals surface area contributed by atoms with Crippen LogP contribution in [0.5, 0.6) is 0 Å². The van der Waals surface area contributed by atoms with Gasteiger partial charge in [-0.25, -0.2) is 0 Å². The number of hydrogen-bond acceptors (Lipinski definition) is 4. The fourth-order valence-electron chi connectivity index (χ4n) is 1.21. The van der Waals surface area contributed by atoms with Crippen molar-refractivity contribution in [2.45, 2.75) is 25.8 Å². The van der Waals surface area contributed by atoms with Crippen molar-refractivity contribution in [3.8, 4) is 0 Å². The average molecular weight is 226 g/mol. The van der Waals surface area contributed by atoms with E-state index in [1.54, 1.807) is 17.9 Å². The summed E-state index contributed by atoms with van der Waals surface area (Å²) in [6, 6.07) is 0. The second kappa shape index (κ2) is 5.84. The molecule has 1 aromatic rings. The third kappa shape index (κ3) is 4.07. The van der Waals surface area contributed by atoms with E-state index in [9.17, 15) is 9.59 Å². The molecule has 0 aliphatic heterocycles. The van der Waals surface area contributed by atoms with Gasteiger partial charge in [-0.15, -0.1) is 5.10 Å². The molecule has 16 heavy (non-hydrogen) atoms. The molecule has 0 radical (unpaired) electrons. The van der Waals surface area contributed by atoms with E-state index in [1.165, 1.54) is 0 Å². The fraction of sp³-hybridized carbons (Fsp3) is 0.556. The number of nitrogens with one attached hydrogen (secondary N) is 1. The van der Waals surface area contributed by atoms with Gasteiger partial charge < -0.3 is 10.4 Å². The molecule has 7 heteroatoms. The number of carbonyl (C=O) groups excluding carboxylic acids is 1. The molecule has 1 heterocycles. The van der Waals surface area contributed by atoms with E-state index in [4.69, 9.17) is 5.11 Å². The van der Waals surface area contributed by atoms with Crippen molar-refractivity contribution in [3.63, 3.8) is 0 Å². The number of aryl methyl sites for hydroxylation is 1. The summed E-state index contributed by atoms with van der Waals surface area (Å²) in [5.41, 5.74) is 0.424. The molecule has 0 atom stereocenters. The molecule has 88 valence electrons. The maximum Gasteiger partial charge on any atom is 0.309 e. The van der Waals surface area contributed by atoms with Gasteiger partial charge in [0.2, 0.25) is 5.91 Å². The smallest absolute Gasteiger partial charge is 0.309 e. The number of aliphatic carboxylic acids is 1. The van der Waals surface area contributed by atoms with Gasteiger partial charge in [0, 0.05) is 26.2 Å².